The van der Waals surface area contributed by atoms with Gasteiger partial charge in [-0.05, 0) is 26.0 Å². The van der Waals surface area contributed by atoms with Crippen molar-refractivity contribution in [2.45, 2.75) is 20.0 Å². The van der Waals surface area contributed by atoms with Gasteiger partial charge in [-0.25, -0.2) is 8.78 Å². The van der Waals surface area contributed by atoms with E-state index in [4.69, 9.17) is 0 Å². The van der Waals surface area contributed by atoms with Crippen molar-refractivity contribution in [1.82, 2.24) is 0 Å². The summed E-state index contributed by atoms with van der Waals surface area (Å²) < 4.78 is 27.3. The molecular formula is C15H14F2O. The minimum Gasteiger partial charge on any atom is -0.383 e. The summed E-state index contributed by atoms with van der Waals surface area (Å²) in [7, 11) is 0. The van der Waals surface area contributed by atoms with Gasteiger partial charge in [0.15, 0.2) is 0 Å². The number of hydrogen-bond donors (Lipinski definition) is 1. The van der Waals surface area contributed by atoms with Crippen LogP contribution in [0.4, 0.5) is 8.78 Å². The fourth-order valence-corrected chi connectivity index (χ4v) is 1.91. The molecule has 0 unspecified atom stereocenters. The quantitative estimate of drug-likeness (QED) is 0.859. The van der Waals surface area contributed by atoms with Crippen LogP contribution in [-0.4, -0.2) is 5.11 Å². The monoisotopic (exact) mass is 248 g/mol. The summed E-state index contributed by atoms with van der Waals surface area (Å²) in [5, 5.41) is 10.1. The molecule has 0 aliphatic heterocycles. The first-order valence-corrected chi connectivity index (χ1v) is 5.69. The van der Waals surface area contributed by atoms with E-state index in [0.717, 1.165) is 11.1 Å². The Balaban J connectivity index is 2.50. The molecular weight excluding hydrogens is 234 g/mol. The van der Waals surface area contributed by atoms with E-state index >= 15 is 0 Å². The Bertz CT molecular complexity index is 527. The number of aliphatic hydroxyl groups is 1. The van der Waals surface area contributed by atoms with Crippen LogP contribution < -0.4 is 0 Å². The highest BCUT2D eigenvalue weighted by Crippen LogP contribution is 2.27. The van der Waals surface area contributed by atoms with Crippen LogP contribution in [-0.2, 0) is 0 Å². The second-order valence-corrected chi connectivity index (χ2v) is 4.45. The van der Waals surface area contributed by atoms with Crippen LogP contribution in [0.25, 0.3) is 0 Å². The number of rotatable bonds is 2. The first-order chi connectivity index (χ1) is 8.49. The highest BCUT2D eigenvalue weighted by Gasteiger charge is 2.18. The van der Waals surface area contributed by atoms with Crippen molar-refractivity contribution in [2.75, 3.05) is 0 Å². The summed E-state index contributed by atoms with van der Waals surface area (Å²) in [6.45, 7) is 3.59. The zero-order valence-corrected chi connectivity index (χ0v) is 10.2. The van der Waals surface area contributed by atoms with Crippen molar-refractivity contribution in [2.24, 2.45) is 0 Å². The Morgan fingerprint density at radius 1 is 0.833 bits per heavy atom. The van der Waals surface area contributed by atoms with Gasteiger partial charge in [0.2, 0.25) is 0 Å². The van der Waals surface area contributed by atoms with Crippen molar-refractivity contribution < 1.29 is 13.9 Å². The first-order valence-electron chi connectivity index (χ1n) is 5.69. The van der Waals surface area contributed by atoms with Gasteiger partial charge in [0.05, 0.1) is 0 Å². The lowest BCUT2D eigenvalue weighted by Crippen LogP contribution is -2.05. The fourth-order valence-electron chi connectivity index (χ4n) is 1.91. The predicted molar refractivity (Wildman–Crippen MR) is 66.3 cm³/mol. The molecule has 3 heteroatoms. The lowest BCUT2D eigenvalue weighted by Gasteiger charge is -2.14. The van der Waals surface area contributed by atoms with E-state index in [1.807, 2.05) is 0 Å². The van der Waals surface area contributed by atoms with E-state index in [1.54, 1.807) is 26.0 Å². The van der Waals surface area contributed by atoms with Crippen LogP contribution in [0.5, 0.6) is 0 Å². The second-order valence-electron chi connectivity index (χ2n) is 4.45. The predicted octanol–water partition coefficient (Wildman–Crippen LogP) is 3.66. The van der Waals surface area contributed by atoms with Crippen LogP contribution in [0.3, 0.4) is 0 Å². The molecule has 1 N–H and O–H groups in total. The van der Waals surface area contributed by atoms with Crippen LogP contribution in [0.15, 0.2) is 36.4 Å². The average molecular weight is 248 g/mol. The Morgan fingerprint density at radius 2 is 1.22 bits per heavy atom. The van der Waals surface area contributed by atoms with Crippen LogP contribution in [0.2, 0.25) is 0 Å². The molecule has 94 valence electrons. The molecule has 2 rings (SSSR count). The van der Waals surface area contributed by atoms with Gasteiger partial charge in [-0.15, -0.1) is 0 Å². The normalized spacial score (nSPS) is 11.0. The minimum atomic E-state index is -1.29. The van der Waals surface area contributed by atoms with Crippen molar-refractivity contribution in [3.05, 3.63) is 70.3 Å². The van der Waals surface area contributed by atoms with Gasteiger partial charge < -0.3 is 5.11 Å². The molecule has 0 saturated heterocycles. The maximum Gasteiger partial charge on any atom is 0.129 e. The highest BCUT2D eigenvalue weighted by molar-refractivity contribution is 5.35. The lowest BCUT2D eigenvalue weighted by atomic mass is 9.98. The van der Waals surface area contributed by atoms with E-state index in [0.29, 0.717) is 0 Å². The van der Waals surface area contributed by atoms with Crippen molar-refractivity contribution >= 4 is 0 Å². The molecule has 0 heterocycles. The van der Waals surface area contributed by atoms with Crippen molar-refractivity contribution in [3.8, 4) is 0 Å². The molecule has 0 aliphatic carbocycles. The van der Waals surface area contributed by atoms with Gasteiger partial charge in [-0.2, -0.15) is 0 Å². The van der Waals surface area contributed by atoms with E-state index in [1.165, 1.54) is 24.3 Å². The van der Waals surface area contributed by atoms with Gasteiger partial charge in [0.1, 0.15) is 17.7 Å². The smallest absolute Gasteiger partial charge is 0.129 e. The molecule has 0 atom stereocenters. The van der Waals surface area contributed by atoms with Gasteiger partial charge in [0, 0.05) is 11.1 Å². The standard InChI is InChI=1S/C15H14F2O/c1-9-3-5-13(16)11(7-9)15(18)12-8-10(2)4-6-14(12)17/h3-8,15,18H,1-2H3. The summed E-state index contributed by atoms with van der Waals surface area (Å²) in [6, 6.07) is 8.84. The van der Waals surface area contributed by atoms with E-state index in [-0.39, 0.29) is 11.1 Å². The van der Waals surface area contributed by atoms with Crippen molar-refractivity contribution in [3.63, 3.8) is 0 Å². The summed E-state index contributed by atoms with van der Waals surface area (Å²) >= 11 is 0. The Kier molecular flexibility index (Phi) is 3.43. The molecule has 1 nitrogen and oxygen atoms in total. The van der Waals surface area contributed by atoms with Gasteiger partial charge in [-0.1, -0.05) is 35.4 Å². The van der Waals surface area contributed by atoms with Crippen molar-refractivity contribution in [1.29, 1.82) is 0 Å². The third kappa shape index (κ3) is 2.41. The molecule has 0 bridgehead atoms. The van der Waals surface area contributed by atoms with Crippen LogP contribution >= 0.6 is 0 Å². The van der Waals surface area contributed by atoms with Crippen LogP contribution in [0, 0.1) is 25.5 Å². The highest BCUT2D eigenvalue weighted by atomic mass is 19.1. The minimum absolute atomic E-state index is 0.0968. The molecule has 0 radical (unpaired) electrons. The number of aryl methyl sites for hydroxylation is 2. The average Bonchev–Trinajstić information content (AvgIpc) is 2.34. The number of aliphatic hydroxyl groups excluding tert-OH is 1. The number of benzene rings is 2. The third-order valence-electron chi connectivity index (χ3n) is 2.89. The SMILES string of the molecule is Cc1ccc(F)c(C(O)c2cc(C)ccc2F)c1. The Hall–Kier alpha value is -1.74. The molecule has 0 amide bonds. The molecule has 0 saturated carbocycles. The number of hydrogen-bond acceptors (Lipinski definition) is 1. The molecule has 0 spiro atoms. The molecule has 0 fully saturated rings. The van der Waals surface area contributed by atoms with E-state index in [9.17, 15) is 13.9 Å². The summed E-state index contributed by atoms with van der Waals surface area (Å²) in [5.74, 6) is -1.07. The lowest BCUT2D eigenvalue weighted by molar-refractivity contribution is 0.209. The zero-order chi connectivity index (χ0) is 13.3. The Labute approximate surface area is 105 Å². The number of halogens is 2. The van der Waals surface area contributed by atoms with Crippen LogP contribution in [0.1, 0.15) is 28.4 Å². The maximum absolute atomic E-state index is 13.7. The first kappa shape index (κ1) is 12.7. The molecule has 0 aliphatic rings. The second kappa shape index (κ2) is 4.86. The summed E-state index contributed by atoms with van der Waals surface area (Å²) in [4.78, 5) is 0. The van der Waals surface area contributed by atoms with E-state index in [2.05, 4.69) is 0 Å². The molecule has 2 aromatic carbocycles. The maximum atomic E-state index is 13.7. The van der Waals surface area contributed by atoms with E-state index < -0.39 is 17.7 Å². The Morgan fingerprint density at radius 3 is 1.61 bits per heavy atom. The van der Waals surface area contributed by atoms with Gasteiger partial charge in [-0.3, -0.25) is 0 Å². The topological polar surface area (TPSA) is 20.2 Å². The van der Waals surface area contributed by atoms with Gasteiger partial charge in [0.25, 0.3) is 0 Å². The summed E-state index contributed by atoms with van der Waals surface area (Å²) in [5.41, 5.74) is 1.83. The summed E-state index contributed by atoms with van der Waals surface area (Å²) in [6.07, 6.45) is -1.29. The molecule has 18 heavy (non-hydrogen) atoms. The van der Waals surface area contributed by atoms with Gasteiger partial charge >= 0.3 is 0 Å². The largest absolute Gasteiger partial charge is 0.383 e. The zero-order valence-electron chi connectivity index (χ0n) is 10.2. The molecule has 0 aromatic heterocycles. The molecule has 2 aromatic rings. The fraction of sp³-hybridized carbons (Fsp3) is 0.200. The third-order valence-corrected chi connectivity index (χ3v) is 2.89.